The molecule has 0 amide bonds. The predicted molar refractivity (Wildman–Crippen MR) is 110 cm³/mol. The van der Waals surface area contributed by atoms with E-state index in [0.29, 0.717) is 5.92 Å². The Balaban J connectivity index is 1.66. The molecule has 29 heavy (non-hydrogen) atoms. The smallest absolute Gasteiger partial charge is 0.110 e. The van der Waals surface area contributed by atoms with E-state index in [2.05, 4.69) is 61.2 Å². The van der Waals surface area contributed by atoms with Crippen LogP contribution in [0.5, 0.6) is 0 Å². The van der Waals surface area contributed by atoms with E-state index in [-0.39, 0.29) is 6.04 Å². The number of nitrogens with zero attached hydrogens (tertiary/aromatic N) is 6. The first-order valence-electron chi connectivity index (χ1n) is 10.0. The number of hydrogen-bond donors (Lipinski definition) is 0. The van der Waals surface area contributed by atoms with Crippen LogP contribution in [0.2, 0.25) is 0 Å². The number of rotatable bonds is 4. The van der Waals surface area contributed by atoms with Crippen LogP contribution in [-0.4, -0.2) is 42.7 Å². The topological polar surface area (TPSA) is 70.7 Å². The minimum atomic E-state index is 0.214. The maximum Gasteiger partial charge on any atom is 0.110 e. The lowest BCUT2D eigenvalue weighted by Crippen LogP contribution is -2.26. The summed E-state index contributed by atoms with van der Waals surface area (Å²) < 4.78 is 9.72. The van der Waals surface area contributed by atoms with E-state index in [9.17, 15) is 0 Å². The van der Waals surface area contributed by atoms with Crippen LogP contribution in [0, 0.1) is 12.8 Å². The van der Waals surface area contributed by atoms with E-state index >= 15 is 0 Å². The van der Waals surface area contributed by atoms with Crippen molar-refractivity contribution in [3.05, 3.63) is 60.2 Å². The maximum absolute atomic E-state index is 5.63. The van der Waals surface area contributed by atoms with Crippen molar-refractivity contribution in [3.63, 3.8) is 0 Å². The molecule has 0 spiro atoms. The predicted octanol–water partition coefficient (Wildman–Crippen LogP) is 3.55. The third-order valence-electron chi connectivity index (χ3n) is 5.85. The molecule has 1 aromatic carbocycles. The molecule has 1 atom stereocenters. The van der Waals surface area contributed by atoms with Gasteiger partial charge in [0.2, 0.25) is 0 Å². The van der Waals surface area contributed by atoms with Gasteiger partial charge in [0.1, 0.15) is 11.2 Å². The molecule has 7 heteroatoms. The first-order valence-corrected chi connectivity index (χ1v) is 10.0. The van der Waals surface area contributed by atoms with Crippen LogP contribution >= 0.6 is 0 Å². The maximum atomic E-state index is 5.63. The molecule has 4 heterocycles. The van der Waals surface area contributed by atoms with Gasteiger partial charge in [0.15, 0.2) is 0 Å². The van der Waals surface area contributed by atoms with Gasteiger partial charge in [-0.15, -0.1) is 5.10 Å². The molecule has 5 rings (SSSR count). The molecular weight excluding hydrogens is 364 g/mol. The number of aromatic nitrogens is 6. The fraction of sp³-hybridized carbons (Fsp3) is 0.364. The Morgan fingerprint density at radius 1 is 1.10 bits per heavy atom. The lowest BCUT2D eigenvalue weighted by Gasteiger charge is -2.32. The summed E-state index contributed by atoms with van der Waals surface area (Å²) in [7, 11) is 1.90. The van der Waals surface area contributed by atoms with Gasteiger partial charge in [-0.2, -0.15) is 0 Å². The molecule has 0 aliphatic carbocycles. The van der Waals surface area contributed by atoms with Gasteiger partial charge in [0.25, 0.3) is 0 Å². The molecule has 3 aromatic heterocycles. The summed E-state index contributed by atoms with van der Waals surface area (Å²) in [4.78, 5) is 9.29. The first kappa shape index (κ1) is 18.0. The summed E-state index contributed by atoms with van der Waals surface area (Å²) in [5.74, 6) is 0.500. The summed E-state index contributed by atoms with van der Waals surface area (Å²) >= 11 is 0. The van der Waals surface area contributed by atoms with Crippen LogP contribution < -0.4 is 0 Å². The van der Waals surface area contributed by atoms with Crippen LogP contribution in [0.25, 0.3) is 22.4 Å². The zero-order valence-corrected chi connectivity index (χ0v) is 16.7. The fourth-order valence-electron chi connectivity index (χ4n) is 4.43. The Bertz CT molecular complexity index is 1110. The molecule has 0 N–H and O–H groups in total. The van der Waals surface area contributed by atoms with Gasteiger partial charge in [-0.1, -0.05) is 35.5 Å². The lowest BCUT2D eigenvalue weighted by molar-refractivity contribution is 0.0547. The van der Waals surface area contributed by atoms with Crippen molar-refractivity contribution in [1.29, 1.82) is 0 Å². The SMILES string of the molecule is Cc1nnn(C)c1-c1cc2c(cn1)ncn2[C@@H](c1ccccc1)C1CCOCC1. The third kappa shape index (κ3) is 3.21. The second kappa shape index (κ2) is 7.40. The van der Waals surface area contributed by atoms with Crippen molar-refractivity contribution in [1.82, 2.24) is 29.5 Å². The molecule has 1 saturated heterocycles. The van der Waals surface area contributed by atoms with Crippen LogP contribution in [0.4, 0.5) is 0 Å². The Labute approximate surface area is 169 Å². The molecule has 7 nitrogen and oxygen atoms in total. The zero-order valence-electron chi connectivity index (χ0n) is 16.7. The first-order chi connectivity index (χ1) is 14.2. The number of benzene rings is 1. The lowest BCUT2D eigenvalue weighted by atomic mass is 9.87. The van der Waals surface area contributed by atoms with Crippen LogP contribution in [0.15, 0.2) is 48.9 Å². The van der Waals surface area contributed by atoms with Crippen molar-refractivity contribution < 1.29 is 4.74 Å². The minimum absolute atomic E-state index is 0.214. The number of aryl methyl sites for hydroxylation is 2. The van der Waals surface area contributed by atoms with Gasteiger partial charge in [0, 0.05) is 20.3 Å². The monoisotopic (exact) mass is 388 g/mol. The Hall–Kier alpha value is -3.06. The van der Waals surface area contributed by atoms with Gasteiger partial charge in [-0.05, 0) is 37.3 Å². The van der Waals surface area contributed by atoms with Gasteiger partial charge >= 0.3 is 0 Å². The standard InChI is InChI=1S/C22H24N6O/c1-15-21(27(2)26-25-15)18-12-20-19(13-23-18)24-14-28(20)22(16-6-4-3-5-7-16)17-8-10-29-11-9-17/h3-7,12-14,17,22H,8-11H2,1-2H3/t22-/m0/s1. The molecule has 1 aliphatic rings. The molecule has 0 bridgehead atoms. The van der Waals surface area contributed by atoms with E-state index in [1.54, 1.807) is 4.68 Å². The molecule has 0 unspecified atom stereocenters. The highest BCUT2D eigenvalue weighted by Gasteiger charge is 2.28. The normalized spacial score (nSPS) is 16.3. The summed E-state index contributed by atoms with van der Waals surface area (Å²) in [6.07, 6.45) is 5.89. The second-order valence-electron chi connectivity index (χ2n) is 7.66. The molecule has 4 aromatic rings. The highest BCUT2D eigenvalue weighted by molar-refractivity contribution is 5.79. The van der Waals surface area contributed by atoms with E-state index in [4.69, 9.17) is 4.74 Å². The highest BCUT2D eigenvalue weighted by atomic mass is 16.5. The van der Waals surface area contributed by atoms with Gasteiger partial charge in [-0.3, -0.25) is 4.98 Å². The molecule has 0 saturated carbocycles. The fourth-order valence-corrected chi connectivity index (χ4v) is 4.43. The molecule has 1 aliphatic heterocycles. The average Bonchev–Trinajstić information content (AvgIpc) is 3.32. The highest BCUT2D eigenvalue weighted by Crippen LogP contribution is 2.36. The van der Waals surface area contributed by atoms with Crippen LogP contribution in [0.3, 0.4) is 0 Å². The Morgan fingerprint density at radius 3 is 2.62 bits per heavy atom. The van der Waals surface area contributed by atoms with E-state index in [0.717, 1.165) is 54.2 Å². The van der Waals surface area contributed by atoms with Crippen molar-refractivity contribution in [2.75, 3.05) is 13.2 Å². The molecule has 1 fully saturated rings. The number of fused-ring (bicyclic) bond motifs is 1. The third-order valence-corrected chi connectivity index (χ3v) is 5.85. The second-order valence-corrected chi connectivity index (χ2v) is 7.66. The zero-order chi connectivity index (χ0) is 19.8. The summed E-state index contributed by atoms with van der Waals surface area (Å²) in [6.45, 7) is 3.58. The summed E-state index contributed by atoms with van der Waals surface area (Å²) in [6, 6.07) is 13.0. The largest absolute Gasteiger partial charge is 0.381 e. The van der Waals surface area contributed by atoms with Crippen LogP contribution in [0.1, 0.15) is 30.1 Å². The van der Waals surface area contributed by atoms with Crippen molar-refractivity contribution in [3.8, 4) is 11.4 Å². The number of imidazole rings is 1. The number of hydrogen-bond acceptors (Lipinski definition) is 5. The summed E-state index contributed by atoms with van der Waals surface area (Å²) in [5, 5.41) is 8.30. The Morgan fingerprint density at radius 2 is 1.90 bits per heavy atom. The van der Waals surface area contributed by atoms with Crippen molar-refractivity contribution in [2.24, 2.45) is 13.0 Å². The van der Waals surface area contributed by atoms with Gasteiger partial charge < -0.3 is 9.30 Å². The minimum Gasteiger partial charge on any atom is -0.381 e. The summed E-state index contributed by atoms with van der Waals surface area (Å²) in [5.41, 5.74) is 5.94. The van der Waals surface area contributed by atoms with Gasteiger partial charge in [0.05, 0.1) is 35.5 Å². The van der Waals surface area contributed by atoms with E-state index < -0.39 is 0 Å². The van der Waals surface area contributed by atoms with Crippen LogP contribution in [-0.2, 0) is 11.8 Å². The van der Waals surface area contributed by atoms with Crippen molar-refractivity contribution >= 4 is 11.0 Å². The Kier molecular flexibility index (Phi) is 4.60. The quantitative estimate of drug-likeness (QED) is 0.535. The molecule has 0 radical (unpaired) electrons. The number of pyridine rings is 1. The molecule has 148 valence electrons. The van der Waals surface area contributed by atoms with Gasteiger partial charge in [-0.25, -0.2) is 9.67 Å². The molecular formula is C22H24N6O. The number of ether oxygens (including phenoxy) is 1. The average molecular weight is 388 g/mol. The van der Waals surface area contributed by atoms with E-state index in [1.165, 1.54) is 5.56 Å². The van der Waals surface area contributed by atoms with Crippen molar-refractivity contribution in [2.45, 2.75) is 25.8 Å². The van der Waals surface area contributed by atoms with E-state index in [1.807, 2.05) is 26.5 Å².